The molecule has 1 saturated heterocycles. The third-order valence-corrected chi connectivity index (χ3v) is 5.62. The van der Waals surface area contributed by atoms with E-state index in [9.17, 15) is 14.0 Å². The highest BCUT2D eigenvalue weighted by molar-refractivity contribution is 5.97. The van der Waals surface area contributed by atoms with Crippen LogP contribution in [0.25, 0.3) is 0 Å². The standard InChI is InChI=1S/C24H29FN2O2/c1-17(2)22(26-23(28)20-8-10-21(25)11-9-20)24(29)27-14-12-19(13-15-27)16-18-6-4-3-5-7-18/h3-11,17,19,22H,12-16H2,1-2H3,(H,26,28)/t22-/m0/s1. The molecule has 0 aromatic heterocycles. The van der Waals surface area contributed by atoms with E-state index >= 15 is 0 Å². The van der Waals surface area contributed by atoms with Crippen LogP contribution in [0.1, 0.15) is 42.6 Å². The maximum atomic E-state index is 13.1. The second kappa shape index (κ2) is 9.68. The molecule has 3 rings (SSSR count). The first-order chi connectivity index (χ1) is 13.9. The Hall–Kier alpha value is -2.69. The fourth-order valence-electron chi connectivity index (χ4n) is 3.84. The van der Waals surface area contributed by atoms with Gasteiger partial charge in [-0.15, -0.1) is 0 Å². The number of likely N-dealkylation sites (tertiary alicyclic amines) is 1. The number of piperidine rings is 1. The van der Waals surface area contributed by atoms with E-state index in [2.05, 4.69) is 29.6 Å². The molecule has 1 fully saturated rings. The van der Waals surface area contributed by atoms with E-state index in [0.717, 1.165) is 19.3 Å². The van der Waals surface area contributed by atoms with Gasteiger partial charge in [0.1, 0.15) is 11.9 Å². The van der Waals surface area contributed by atoms with Crippen LogP contribution in [0.2, 0.25) is 0 Å². The van der Waals surface area contributed by atoms with Gasteiger partial charge in [-0.05, 0) is 60.9 Å². The molecule has 5 heteroatoms. The van der Waals surface area contributed by atoms with Crippen molar-refractivity contribution in [3.63, 3.8) is 0 Å². The Balaban J connectivity index is 1.57. The summed E-state index contributed by atoms with van der Waals surface area (Å²) in [6.45, 7) is 5.28. The number of nitrogens with one attached hydrogen (secondary N) is 1. The van der Waals surface area contributed by atoms with Gasteiger partial charge in [0, 0.05) is 18.7 Å². The molecule has 154 valence electrons. The lowest BCUT2D eigenvalue weighted by atomic mass is 9.89. The van der Waals surface area contributed by atoms with Gasteiger partial charge in [0.05, 0.1) is 0 Å². The SMILES string of the molecule is CC(C)[C@H](NC(=O)c1ccc(F)cc1)C(=O)N1CCC(Cc2ccccc2)CC1. The van der Waals surface area contributed by atoms with Crippen LogP contribution in [0.5, 0.6) is 0 Å². The van der Waals surface area contributed by atoms with E-state index in [1.165, 1.54) is 29.8 Å². The third-order valence-electron chi connectivity index (χ3n) is 5.62. The minimum absolute atomic E-state index is 0.0334. The molecule has 0 aliphatic carbocycles. The van der Waals surface area contributed by atoms with Gasteiger partial charge < -0.3 is 10.2 Å². The fourth-order valence-corrected chi connectivity index (χ4v) is 3.84. The van der Waals surface area contributed by atoms with Gasteiger partial charge in [-0.1, -0.05) is 44.2 Å². The molecule has 1 N–H and O–H groups in total. The highest BCUT2D eigenvalue weighted by Crippen LogP contribution is 2.23. The second-order valence-corrected chi connectivity index (χ2v) is 8.16. The predicted octanol–water partition coefficient (Wildman–Crippen LogP) is 4.06. The molecular formula is C24H29FN2O2. The number of amides is 2. The van der Waals surface area contributed by atoms with E-state index < -0.39 is 11.9 Å². The molecule has 0 spiro atoms. The summed E-state index contributed by atoms with van der Waals surface area (Å²) in [6, 6.07) is 15.2. The Bertz CT molecular complexity index is 813. The summed E-state index contributed by atoms with van der Waals surface area (Å²) in [4.78, 5) is 27.5. The molecule has 0 radical (unpaired) electrons. The van der Waals surface area contributed by atoms with Gasteiger partial charge in [-0.3, -0.25) is 9.59 Å². The third kappa shape index (κ3) is 5.66. The molecule has 1 heterocycles. The topological polar surface area (TPSA) is 49.4 Å². The van der Waals surface area contributed by atoms with Crippen LogP contribution in [0.15, 0.2) is 54.6 Å². The van der Waals surface area contributed by atoms with Gasteiger partial charge in [-0.2, -0.15) is 0 Å². The van der Waals surface area contributed by atoms with Crippen molar-refractivity contribution in [1.82, 2.24) is 10.2 Å². The van der Waals surface area contributed by atoms with Crippen molar-refractivity contribution >= 4 is 11.8 Å². The average Bonchev–Trinajstić information content (AvgIpc) is 2.73. The average molecular weight is 397 g/mol. The zero-order valence-electron chi connectivity index (χ0n) is 17.1. The van der Waals surface area contributed by atoms with E-state index in [1.54, 1.807) is 0 Å². The highest BCUT2D eigenvalue weighted by Gasteiger charge is 2.31. The largest absolute Gasteiger partial charge is 0.341 e. The minimum Gasteiger partial charge on any atom is -0.341 e. The molecular weight excluding hydrogens is 367 g/mol. The molecule has 2 amide bonds. The molecule has 1 atom stereocenters. The number of benzene rings is 2. The number of hydrogen-bond acceptors (Lipinski definition) is 2. The zero-order chi connectivity index (χ0) is 20.8. The van der Waals surface area contributed by atoms with E-state index in [0.29, 0.717) is 24.6 Å². The molecule has 2 aromatic rings. The normalized spacial score (nSPS) is 15.9. The van der Waals surface area contributed by atoms with Crippen molar-refractivity contribution in [2.75, 3.05) is 13.1 Å². The smallest absolute Gasteiger partial charge is 0.251 e. The molecule has 2 aromatic carbocycles. The summed E-state index contributed by atoms with van der Waals surface area (Å²) in [5.41, 5.74) is 1.69. The molecule has 29 heavy (non-hydrogen) atoms. The van der Waals surface area contributed by atoms with E-state index in [-0.39, 0.29) is 17.7 Å². The number of carbonyl (C=O) groups excluding carboxylic acids is 2. The molecule has 0 saturated carbocycles. The Morgan fingerprint density at radius 1 is 1.03 bits per heavy atom. The summed E-state index contributed by atoms with van der Waals surface area (Å²) >= 11 is 0. The van der Waals surface area contributed by atoms with Crippen LogP contribution in [-0.4, -0.2) is 35.8 Å². The van der Waals surface area contributed by atoms with Crippen LogP contribution >= 0.6 is 0 Å². The Labute approximate surface area is 172 Å². The van der Waals surface area contributed by atoms with Crippen LogP contribution < -0.4 is 5.32 Å². The summed E-state index contributed by atoms with van der Waals surface area (Å²) < 4.78 is 13.1. The summed E-state index contributed by atoms with van der Waals surface area (Å²) in [5.74, 6) is -0.234. The first-order valence-corrected chi connectivity index (χ1v) is 10.3. The van der Waals surface area contributed by atoms with Crippen molar-refractivity contribution in [1.29, 1.82) is 0 Å². The van der Waals surface area contributed by atoms with E-state index in [1.807, 2.05) is 24.8 Å². The number of rotatable bonds is 6. The van der Waals surface area contributed by atoms with Crippen molar-refractivity contribution in [3.05, 3.63) is 71.5 Å². The van der Waals surface area contributed by atoms with Crippen LogP contribution in [0.3, 0.4) is 0 Å². The lowest BCUT2D eigenvalue weighted by molar-refractivity contribution is -0.135. The zero-order valence-corrected chi connectivity index (χ0v) is 17.1. The van der Waals surface area contributed by atoms with E-state index in [4.69, 9.17) is 0 Å². The van der Waals surface area contributed by atoms with Gasteiger partial charge in [-0.25, -0.2) is 4.39 Å². The number of carbonyl (C=O) groups is 2. The predicted molar refractivity (Wildman–Crippen MR) is 112 cm³/mol. The Kier molecular flexibility index (Phi) is 7.02. The maximum Gasteiger partial charge on any atom is 0.251 e. The quantitative estimate of drug-likeness (QED) is 0.800. The molecule has 1 aliphatic rings. The summed E-state index contributed by atoms with van der Waals surface area (Å²) in [7, 11) is 0. The van der Waals surface area contributed by atoms with Crippen molar-refractivity contribution < 1.29 is 14.0 Å². The van der Waals surface area contributed by atoms with Gasteiger partial charge in [0.15, 0.2) is 0 Å². The van der Waals surface area contributed by atoms with Gasteiger partial charge >= 0.3 is 0 Å². The molecule has 1 aliphatic heterocycles. The summed E-state index contributed by atoms with van der Waals surface area (Å²) in [5, 5.41) is 2.85. The number of nitrogens with zero attached hydrogens (tertiary/aromatic N) is 1. The number of halogens is 1. The highest BCUT2D eigenvalue weighted by atomic mass is 19.1. The van der Waals surface area contributed by atoms with Crippen molar-refractivity contribution in [2.24, 2.45) is 11.8 Å². The van der Waals surface area contributed by atoms with Crippen molar-refractivity contribution in [2.45, 2.75) is 39.2 Å². The van der Waals surface area contributed by atoms with Crippen LogP contribution in [-0.2, 0) is 11.2 Å². The lowest BCUT2D eigenvalue weighted by Crippen LogP contribution is -2.53. The first kappa shape index (κ1) is 21.0. The molecule has 0 bridgehead atoms. The lowest BCUT2D eigenvalue weighted by Gasteiger charge is -2.35. The van der Waals surface area contributed by atoms with Crippen molar-refractivity contribution in [3.8, 4) is 0 Å². The minimum atomic E-state index is -0.585. The Morgan fingerprint density at radius 3 is 2.24 bits per heavy atom. The monoisotopic (exact) mass is 396 g/mol. The maximum absolute atomic E-state index is 13.1. The van der Waals surface area contributed by atoms with Crippen LogP contribution in [0.4, 0.5) is 4.39 Å². The fraction of sp³-hybridized carbons (Fsp3) is 0.417. The second-order valence-electron chi connectivity index (χ2n) is 8.16. The summed E-state index contributed by atoms with van der Waals surface area (Å²) in [6.07, 6.45) is 2.98. The Morgan fingerprint density at radius 2 is 1.66 bits per heavy atom. The molecule has 0 unspecified atom stereocenters. The first-order valence-electron chi connectivity index (χ1n) is 10.3. The number of hydrogen-bond donors (Lipinski definition) is 1. The molecule has 4 nitrogen and oxygen atoms in total. The van der Waals surface area contributed by atoms with Crippen LogP contribution in [0, 0.1) is 17.7 Å². The van der Waals surface area contributed by atoms with Gasteiger partial charge in [0.2, 0.25) is 5.91 Å². The van der Waals surface area contributed by atoms with Gasteiger partial charge in [0.25, 0.3) is 5.91 Å².